The smallest absolute Gasteiger partial charge is 0.143 e. The Kier molecular flexibility index (Phi) is 3.97. The molecule has 0 aliphatic carbocycles. The summed E-state index contributed by atoms with van der Waals surface area (Å²) in [6.45, 7) is 5.60. The van der Waals surface area contributed by atoms with Crippen molar-refractivity contribution >= 4 is 11.4 Å². The Bertz CT molecular complexity index is 408. The summed E-state index contributed by atoms with van der Waals surface area (Å²) in [6, 6.07) is 6.55. The first-order valence-electron chi connectivity index (χ1n) is 6.50. The van der Waals surface area contributed by atoms with Crippen molar-refractivity contribution in [2.75, 3.05) is 44.4 Å². The van der Waals surface area contributed by atoms with Gasteiger partial charge in [-0.15, -0.1) is 0 Å². The van der Waals surface area contributed by atoms with Crippen LogP contribution in [-0.4, -0.2) is 44.7 Å². The minimum absolute atomic E-state index is 0.505. The lowest BCUT2D eigenvalue weighted by Gasteiger charge is -2.30. The summed E-state index contributed by atoms with van der Waals surface area (Å²) in [6.07, 6.45) is 1.19. The fourth-order valence-corrected chi connectivity index (χ4v) is 2.63. The van der Waals surface area contributed by atoms with E-state index in [9.17, 15) is 0 Å². The highest BCUT2D eigenvalue weighted by atomic mass is 16.5. The van der Waals surface area contributed by atoms with Gasteiger partial charge in [-0.1, -0.05) is 0 Å². The van der Waals surface area contributed by atoms with Crippen LogP contribution in [0.15, 0.2) is 18.2 Å². The molecule has 0 bridgehead atoms. The van der Waals surface area contributed by atoms with Gasteiger partial charge in [0.25, 0.3) is 0 Å². The Labute approximate surface area is 109 Å². The third-order valence-corrected chi connectivity index (χ3v) is 3.60. The summed E-state index contributed by atoms with van der Waals surface area (Å²) in [4.78, 5) is 4.82. The van der Waals surface area contributed by atoms with Crippen LogP contribution >= 0.6 is 0 Å². The van der Waals surface area contributed by atoms with Crippen LogP contribution in [0.3, 0.4) is 0 Å². The van der Waals surface area contributed by atoms with Gasteiger partial charge in [0.2, 0.25) is 0 Å². The minimum atomic E-state index is 0.505. The van der Waals surface area contributed by atoms with Crippen molar-refractivity contribution < 1.29 is 4.74 Å². The second-order valence-corrected chi connectivity index (χ2v) is 5.08. The van der Waals surface area contributed by atoms with Gasteiger partial charge in [0.15, 0.2) is 0 Å². The van der Waals surface area contributed by atoms with E-state index in [0.29, 0.717) is 11.7 Å². The van der Waals surface area contributed by atoms with Crippen LogP contribution in [0, 0.1) is 0 Å². The maximum atomic E-state index is 5.87. The largest absolute Gasteiger partial charge is 0.495 e. The van der Waals surface area contributed by atoms with Gasteiger partial charge in [0.05, 0.1) is 12.8 Å². The summed E-state index contributed by atoms with van der Waals surface area (Å²) in [5.41, 5.74) is 7.76. The molecule has 1 atom stereocenters. The van der Waals surface area contributed by atoms with Crippen molar-refractivity contribution in [3.8, 4) is 5.75 Å². The maximum absolute atomic E-state index is 5.87. The summed E-state index contributed by atoms with van der Waals surface area (Å²) >= 11 is 0. The number of methoxy groups -OCH3 is 1. The van der Waals surface area contributed by atoms with Crippen molar-refractivity contribution in [1.82, 2.24) is 4.90 Å². The van der Waals surface area contributed by atoms with Crippen molar-refractivity contribution in [2.45, 2.75) is 19.4 Å². The predicted octanol–water partition coefficient (Wildman–Crippen LogP) is 1.81. The molecule has 1 fully saturated rings. The first-order valence-corrected chi connectivity index (χ1v) is 6.50. The Morgan fingerprint density at radius 3 is 2.83 bits per heavy atom. The molecule has 2 N–H and O–H groups in total. The molecule has 0 aromatic heterocycles. The van der Waals surface area contributed by atoms with Gasteiger partial charge in [0.1, 0.15) is 5.75 Å². The number of rotatable bonds is 2. The summed E-state index contributed by atoms with van der Waals surface area (Å²) in [7, 11) is 3.85. The fraction of sp³-hybridized carbons (Fsp3) is 0.571. The number of nitrogens with zero attached hydrogens (tertiary/aromatic N) is 2. The second-order valence-electron chi connectivity index (χ2n) is 5.08. The molecule has 1 aromatic rings. The standard InChI is InChI=1S/C14H23N3O/c1-11-10-16(2)7-4-8-17(11)12-5-6-13(15)14(9-12)18-3/h5-6,9,11H,4,7-8,10,15H2,1-3H3. The number of ether oxygens (including phenoxy) is 1. The zero-order valence-electron chi connectivity index (χ0n) is 11.5. The molecule has 1 aliphatic heterocycles. The predicted molar refractivity (Wildman–Crippen MR) is 76.3 cm³/mol. The first-order chi connectivity index (χ1) is 8.61. The number of nitrogens with two attached hydrogens (primary N) is 1. The molecular formula is C14H23N3O. The van der Waals surface area contributed by atoms with Crippen molar-refractivity contribution in [2.24, 2.45) is 0 Å². The van der Waals surface area contributed by atoms with Gasteiger partial charge < -0.3 is 20.3 Å². The van der Waals surface area contributed by atoms with E-state index in [4.69, 9.17) is 10.5 Å². The molecular weight excluding hydrogens is 226 g/mol. The molecule has 100 valence electrons. The summed E-state index contributed by atoms with van der Waals surface area (Å²) in [5.74, 6) is 0.761. The van der Waals surface area contributed by atoms with Gasteiger partial charge in [0, 0.05) is 30.9 Å². The number of nitrogen functional groups attached to an aromatic ring is 1. The SMILES string of the molecule is COc1cc(N2CCCN(C)CC2C)ccc1N. The molecule has 18 heavy (non-hydrogen) atoms. The Morgan fingerprint density at radius 2 is 2.11 bits per heavy atom. The van der Waals surface area contributed by atoms with E-state index < -0.39 is 0 Å². The molecule has 1 aromatic carbocycles. The number of benzene rings is 1. The van der Waals surface area contributed by atoms with Crippen LogP contribution in [0.2, 0.25) is 0 Å². The molecule has 4 heteroatoms. The highest BCUT2D eigenvalue weighted by molar-refractivity contribution is 5.62. The van der Waals surface area contributed by atoms with Gasteiger partial charge in [-0.2, -0.15) is 0 Å². The summed E-state index contributed by atoms with van der Waals surface area (Å²) in [5, 5.41) is 0. The normalized spacial score (nSPS) is 21.7. The molecule has 1 saturated heterocycles. The maximum Gasteiger partial charge on any atom is 0.143 e. The first kappa shape index (κ1) is 13.0. The van der Waals surface area contributed by atoms with Gasteiger partial charge in [-0.25, -0.2) is 0 Å². The Hall–Kier alpha value is -1.42. The molecule has 4 nitrogen and oxygen atoms in total. The zero-order valence-corrected chi connectivity index (χ0v) is 11.5. The van der Waals surface area contributed by atoms with Crippen molar-refractivity contribution in [3.05, 3.63) is 18.2 Å². The van der Waals surface area contributed by atoms with Crippen molar-refractivity contribution in [3.63, 3.8) is 0 Å². The molecule has 2 rings (SSSR count). The average Bonchev–Trinajstić information content (AvgIpc) is 2.51. The van der Waals surface area contributed by atoms with E-state index in [1.165, 1.54) is 12.1 Å². The lowest BCUT2D eigenvalue weighted by molar-refractivity contribution is 0.337. The molecule has 0 radical (unpaired) electrons. The highest BCUT2D eigenvalue weighted by Crippen LogP contribution is 2.29. The van der Waals surface area contributed by atoms with Crippen LogP contribution in [0.25, 0.3) is 0 Å². The zero-order chi connectivity index (χ0) is 13.1. The van der Waals surface area contributed by atoms with E-state index in [0.717, 1.165) is 25.4 Å². The van der Waals surface area contributed by atoms with E-state index in [1.54, 1.807) is 7.11 Å². The van der Waals surface area contributed by atoms with Gasteiger partial charge >= 0.3 is 0 Å². The Morgan fingerprint density at radius 1 is 1.33 bits per heavy atom. The summed E-state index contributed by atoms with van der Waals surface area (Å²) < 4.78 is 5.30. The van der Waals surface area contributed by atoms with E-state index >= 15 is 0 Å². The quantitative estimate of drug-likeness (QED) is 0.812. The third-order valence-electron chi connectivity index (χ3n) is 3.60. The topological polar surface area (TPSA) is 41.7 Å². The van der Waals surface area contributed by atoms with Crippen LogP contribution in [0.4, 0.5) is 11.4 Å². The third kappa shape index (κ3) is 2.70. The minimum Gasteiger partial charge on any atom is -0.495 e. The molecule has 0 saturated carbocycles. The van der Waals surface area contributed by atoms with Gasteiger partial charge in [-0.05, 0) is 39.1 Å². The fourth-order valence-electron chi connectivity index (χ4n) is 2.63. The van der Waals surface area contributed by atoms with Crippen molar-refractivity contribution in [1.29, 1.82) is 0 Å². The Balaban J connectivity index is 2.24. The number of hydrogen-bond acceptors (Lipinski definition) is 4. The average molecular weight is 249 g/mol. The highest BCUT2D eigenvalue weighted by Gasteiger charge is 2.20. The number of likely N-dealkylation sites (N-methyl/N-ethyl adjacent to an activating group) is 1. The monoisotopic (exact) mass is 249 g/mol. The lowest BCUT2D eigenvalue weighted by Crippen LogP contribution is -2.37. The van der Waals surface area contributed by atoms with Gasteiger partial charge in [-0.3, -0.25) is 0 Å². The molecule has 1 heterocycles. The number of hydrogen-bond donors (Lipinski definition) is 1. The molecule has 1 unspecified atom stereocenters. The molecule has 0 spiro atoms. The number of anilines is 2. The second kappa shape index (κ2) is 5.48. The molecule has 1 aliphatic rings. The molecule has 0 amide bonds. The lowest BCUT2D eigenvalue weighted by atomic mass is 10.2. The van der Waals surface area contributed by atoms with Crippen LogP contribution < -0.4 is 15.4 Å². The van der Waals surface area contributed by atoms with E-state index in [1.807, 2.05) is 12.1 Å². The van der Waals surface area contributed by atoms with E-state index in [2.05, 4.69) is 29.8 Å². The van der Waals surface area contributed by atoms with Crippen LogP contribution in [0.5, 0.6) is 5.75 Å². The van der Waals surface area contributed by atoms with Crippen LogP contribution in [-0.2, 0) is 0 Å². The van der Waals surface area contributed by atoms with Crippen LogP contribution in [0.1, 0.15) is 13.3 Å². The van der Waals surface area contributed by atoms with E-state index in [-0.39, 0.29) is 0 Å².